The van der Waals surface area contributed by atoms with E-state index in [1.165, 1.54) is 22.0 Å². The van der Waals surface area contributed by atoms with Gasteiger partial charge in [0.05, 0.1) is 23.1 Å². The quantitative estimate of drug-likeness (QED) is 0.682. The van der Waals surface area contributed by atoms with Crippen LogP contribution in [0, 0.1) is 0 Å². The Kier molecular flexibility index (Phi) is 7.15. The maximum atomic E-state index is 13.2. The molecular formula is C23H30N2O4S. The molecule has 0 saturated heterocycles. The van der Waals surface area contributed by atoms with Crippen LogP contribution < -0.4 is 10.1 Å². The number of amides is 1. The van der Waals surface area contributed by atoms with Crippen LogP contribution in [-0.4, -0.2) is 38.3 Å². The lowest BCUT2D eigenvalue weighted by atomic mass is 9.82. The second kappa shape index (κ2) is 9.62. The summed E-state index contributed by atoms with van der Waals surface area (Å²) in [7, 11) is -3.64. The number of hydrogen-bond donors (Lipinski definition) is 1. The van der Waals surface area contributed by atoms with Crippen LogP contribution in [0.3, 0.4) is 0 Å². The molecule has 162 valence electrons. The third kappa shape index (κ3) is 4.52. The van der Waals surface area contributed by atoms with Crippen molar-refractivity contribution in [2.45, 2.75) is 50.8 Å². The van der Waals surface area contributed by atoms with Crippen LogP contribution in [0.15, 0.2) is 47.4 Å². The van der Waals surface area contributed by atoms with Crippen molar-refractivity contribution in [3.63, 3.8) is 0 Å². The summed E-state index contributed by atoms with van der Waals surface area (Å²) in [5, 5.41) is 2.95. The fourth-order valence-electron chi connectivity index (χ4n) is 4.01. The predicted molar refractivity (Wildman–Crippen MR) is 118 cm³/mol. The fourth-order valence-corrected chi connectivity index (χ4v) is 5.49. The first-order valence-electron chi connectivity index (χ1n) is 10.6. The summed E-state index contributed by atoms with van der Waals surface area (Å²) in [4.78, 5) is 13.3. The minimum absolute atomic E-state index is 0.138. The summed E-state index contributed by atoms with van der Waals surface area (Å²) in [6.07, 6.45) is 2.69. The molecule has 1 aliphatic rings. The van der Waals surface area contributed by atoms with E-state index < -0.39 is 10.0 Å². The highest BCUT2D eigenvalue weighted by Gasteiger charge is 2.28. The van der Waals surface area contributed by atoms with E-state index in [2.05, 4.69) is 11.4 Å². The summed E-state index contributed by atoms with van der Waals surface area (Å²) in [6, 6.07) is 12.7. The van der Waals surface area contributed by atoms with Crippen LogP contribution in [0.25, 0.3) is 0 Å². The lowest BCUT2D eigenvalue weighted by molar-refractivity contribution is -0.117. The van der Waals surface area contributed by atoms with Gasteiger partial charge < -0.3 is 10.1 Å². The van der Waals surface area contributed by atoms with Crippen molar-refractivity contribution in [1.82, 2.24) is 4.31 Å². The Bertz CT molecular complexity index is 1000. The summed E-state index contributed by atoms with van der Waals surface area (Å²) in [6.45, 7) is 6.64. The Morgan fingerprint density at radius 1 is 1.13 bits per heavy atom. The van der Waals surface area contributed by atoms with E-state index in [4.69, 9.17) is 4.74 Å². The zero-order valence-corrected chi connectivity index (χ0v) is 18.7. The topological polar surface area (TPSA) is 75.7 Å². The Morgan fingerprint density at radius 2 is 1.87 bits per heavy atom. The van der Waals surface area contributed by atoms with Crippen molar-refractivity contribution >= 4 is 21.6 Å². The summed E-state index contributed by atoms with van der Waals surface area (Å²) >= 11 is 0. The summed E-state index contributed by atoms with van der Waals surface area (Å²) in [5.74, 6) is 0.0707. The van der Waals surface area contributed by atoms with Crippen LogP contribution >= 0.6 is 0 Å². The number of carbonyl (C=O) groups is 1. The first kappa shape index (κ1) is 22.3. The second-order valence-corrected chi connectivity index (χ2v) is 9.25. The molecule has 0 radical (unpaired) electrons. The molecule has 0 aliphatic heterocycles. The van der Waals surface area contributed by atoms with Gasteiger partial charge in [-0.25, -0.2) is 8.42 Å². The highest BCUT2D eigenvalue weighted by atomic mass is 32.2. The van der Waals surface area contributed by atoms with Crippen LogP contribution in [0.1, 0.15) is 50.7 Å². The molecule has 1 amide bonds. The molecule has 0 saturated carbocycles. The number of hydrogen-bond acceptors (Lipinski definition) is 4. The molecule has 0 bridgehead atoms. The minimum Gasteiger partial charge on any atom is -0.492 e. The second-order valence-electron chi connectivity index (χ2n) is 7.31. The maximum absolute atomic E-state index is 13.2. The van der Waals surface area contributed by atoms with E-state index in [-0.39, 0.29) is 16.7 Å². The third-order valence-electron chi connectivity index (χ3n) is 5.54. The molecule has 1 atom stereocenters. The molecular weight excluding hydrogens is 400 g/mol. The van der Waals surface area contributed by atoms with E-state index in [9.17, 15) is 13.2 Å². The first-order valence-corrected chi connectivity index (χ1v) is 12.0. The SMILES string of the molecule is CCOc1ccc(S(=O)(=O)N(CC)CC)cc1NC(=O)C1CCCc2ccccc21. The Morgan fingerprint density at radius 3 is 2.57 bits per heavy atom. The van der Waals surface area contributed by atoms with Crippen molar-refractivity contribution in [2.75, 3.05) is 25.0 Å². The van der Waals surface area contributed by atoms with Crippen LogP contribution in [0.2, 0.25) is 0 Å². The molecule has 7 heteroatoms. The molecule has 0 fully saturated rings. The molecule has 2 aromatic rings. The number of rotatable bonds is 8. The lowest BCUT2D eigenvalue weighted by Crippen LogP contribution is -2.30. The van der Waals surface area contributed by atoms with E-state index in [1.807, 2.05) is 25.1 Å². The third-order valence-corrected chi connectivity index (χ3v) is 7.58. The minimum atomic E-state index is -3.64. The Labute approximate surface area is 179 Å². The predicted octanol–water partition coefficient (Wildman–Crippen LogP) is 4.17. The highest BCUT2D eigenvalue weighted by molar-refractivity contribution is 7.89. The standard InChI is InChI=1S/C23H30N2O4S/c1-4-25(5-2)30(27,28)18-14-15-22(29-6-3)21(16-18)24-23(26)20-13-9-11-17-10-7-8-12-19(17)20/h7-8,10,12,14-16,20H,4-6,9,11,13H2,1-3H3,(H,24,26). The summed E-state index contributed by atoms with van der Waals surface area (Å²) in [5.41, 5.74) is 2.64. The number of anilines is 1. The van der Waals surface area contributed by atoms with Crippen molar-refractivity contribution in [1.29, 1.82) is 0 Å². The van der Waals surface area contributed by atoms with Gasteiger partial charge in [-0.3, -0.25) is 4.79 Å². The van der Waals surface area contributed by atoms with Crippen molar-refractivity contribution in [2.24, 2.45) is 0 Å². The van der Waals surface area contributed by atoms with Gasteiger partial charge in [-0.2, -0.15) is 4.31 Å². The number of benzene rings is 2. The van der Waals surface area contributed by atoms with E-state index >= 15 is 0 Å². The van der Waals surface area contributed by atoms with Gasteiger partial charge in [0.15, 0.2) is 0 Å². The summed E-state index contributed by atoms with van der Waals surface area (Å²) < 4.78 is 32.9. The smallest absolute Gasteiger partial charge is 0.243 e. The van der Waals surface area contributed by atoms with Gasteiger partial charge in [-0.05, 0) is 55.5 Å². The molecule has 0 aromatic heterocycles. The fraction of sp³-hybridized carbons (Fsp3) is 0.435. The zero-order valence-electron chi connectivity index (χ0n) is 17.8. The molecule has 1 unspecified atom stereocenters. The van der Waals surface area contributed by atoms with Gasteiger partial charge in [0.1, 0.15) is 5.75 Å². The number of carbonyl (C=O) groups excluding carboxylic acids is 1. The largest absolute Gasteiger partial charge is 0.492 e. The average Bonchev–Trinajstić information content (AvgIpc) is 2.75. The molecule has 1 N–H and O–H groups in total. The Balaban J connectivity index is 1.94. The monoisotopic (exact) mass is 430 g/mol. The van der Waals surface area contributed by atoms with Crippen molar-refractivity contribution < 1.29 is 17.9 Å². The van der Waals surface area contributed by atoms with Gasteiger partial charge in [-0.15, -0.1) is 0 Å². The van der Waals surface area contributed by atoms with Crippen LogP contribution in [-0.2, 0) is 21.2 Å². The van der Waals surface area contributed by atoms with Crippen LogP contribution in [0.5, 0.6) is 5.75 Å². The van der Waals surface area contributed by atoms with Gasteiger partial charge >= 0.3 is 0 Å². The van der Waals surface area contributed by atoms with E-state index in [0.717, 1.165) is 24.8 Å². The first-order chi connectivity index (χ1) is 14.4. The number of fused-ring (bicyclic) bond motifs is 1. The molecule has 3 rings (SSSR count). The van der Waals surface area contributed by atoms with Gasteiger partial charge in [0, 0.05) is 13.1 Å². The molecule has 6 nitrogen and oxygen atoms in total. The lowest BCUT2D eigenvalue weighted by Gasteiger charge is -2.25. The average molecular weight is 431 g/mol. The highest BCUT2D eigenvalue weighted by Crippen LogP contribution is 2.35. The van der Waals surface area contributed by atoms with E-state index in [0.29, 0.717) is 31.1 Å². The van der Waals surface area contributed by atoms with E-state index in [1.54, 1.807) is 19.9 Å². The number of aryl methyl sites for hydroxylation is 1. The molecule has 0 heterocycles. The molecule has 30 heavy (non-hydrogen) atoms. The van der Waals surface area contributed by atoms with Crippen molar-refractivity contribution in [3.8, 4) is 5.75 Å². The Hall–Kier alpha value is -2.38. The molecule has 0 spiro atoms. The number of ether oxygens (including phenoxy) is 1. The maximum Gasteiger partial charge on any atom is 0.243 e. The van der Waals surface area contributed by atoms with Crippen LogP contribution in [0.4, 0.5) is 5.69 Å². The number of sulfonamides is 1. The van der Waals surface area contributed by atoms with Gasteiger partial charge in [-0.1, -0.05) is 38.1 Å². The molecule has 1 aliphatic carbocycles. The van der Waals surface area contributed by atoms with Gasteiger partial charge in [0.25, 0.3) is 0 Å². The van der Waals surface area contributed by atoms with Gasteiger partial charge in [0.2, 0.25) is 15.9 Å². The van der Waals surface area contributed by atoms with Crippen molar-refractivity contribution in [3.05, 3.63) is 53.6 Å². The molecule has 2 aromatic carbocycles. The zero-order chi connectivity index (χ0) is 21.7. The normalized spacial score (nSPS) is 16.2. The number of nitrogens with zero attached hydrogens (tertiary/aromatic N) is 1. The number of nitrogens with one attached hydrogen (secondary N) is 1.